The van der Waals surface area contributed by atoms with E-state index in [1.54, 1.807) is 0 Å². The van der Waals surface area contributed by atoms with Crippen molar-refractivity contribution in [2.75, 3.05) is 13.1 Å². The van der Waals surface area contributed by atoms with Gasteiger partial charge in [-0.2, -0.15) is 5.10 Å². The topological polar surface area (TPSA) is 58.4 Å². The minimum atomic E-state index is -0.679. The van der Waals surface area contributed by atoms with Crippen LogP contribution < -0.4 is 0 Å². The van der Waals surface area contributed by atoms with E-state index in [2.05, 4.69) is 23.0 Å². The number of aliphatic carboxylic acids is 1. The number of hydrogen-bond donors (Lipinski definition) is 1. The third kappa shape index (κ3) is 4.06. The van der Waals surface area contributed by atoms with Crippen LogP contribution in [-0.2, 0) is 17.9 Å². The summed E-state index contributed by atoms with van der Waals surface area (Å²) in [6, 6.07) is 2.07. The fourth-order valence-corrected chi connectivity index (χ4v) is 2.87. The summed E-state index contributed by atoms with van der Waals surface area (Å²) in [6.07, 6.45) is 5.29. The van der Waals surface area contributed by atoms with Gasteiger partial charge in [-0.25, -0.2) is 0 Å². The molecule has 0 saturated carbocycles. The quantitative estimate of drug-likeness (QED) is 0.854. The van der Waals surface area contributed by atoms with Crippen molar-refractivity contribution in [2.24, 2.45) is 5.92 Å². The average molecular weight is 265 g/mol. The van der Waals surface area contributed by atoms with Crippen LogP contribution in [0.25, 0.3) is 0 Å². The molecule has 0 radical (unpaired) electrons. The summed E-state index contributed by atoms with van der Waals surface area (Å²) < 4.78 is 2.03. The lowest BCUT2D eigenvalue weighted by Crippen LogP contribution is -2.35. The molecule has 1 aromatic rings. The van der Waals surface area contributed by atoms with Crippen LogP contribution in [0.1, 0.15) is 38.3 Å². The monoisotopic (exact) mass is 265 g/mol. The van der Waals surface area contributed by atoms with Gasteiger partial charge in [-0.1, -0.05) is 0 Å². The molecule has 2 rings (SSSR count). The Balaban J connectivity index is 1.85. The van der Waals surface area contributed by atoms with Gasteiger partial charge in [0.2, 0.25) is 0 Å². The predicted octanol–water partition coefficient (Wildman–Crippen LogP) is 1.98. The molecule has 1 aliphatic rings. The van der Waals surface area contributed by atoms with Crippen molar-refractivity contribution in [3.8, 4) is 0 Å². The molecule has 0 amide bonds. The average Bonchev–Trinajstić information content (AvgIpc) is 2.84. The molecule has 1 N–H and O–H groups in total. The zero-order valence-electron chi connectivity index (χ0n) is 11.6. The van der Waals surface area contributed by atoms with Crippen LogP contribution in [0.5, 0.6) is 0 Å². The number of hydrogen-bond acceptors (Lipinski definition) is 3. The number of carboxylic acid groups (broad SMARTS) is 1. The lowest BCUT2D eigenvalue weighted by molar-refractivity contribution is -0.137. The smallest absolute Gasteiger partial charge is 0.303 e. The van der Waals surface area contributed by atoms with Crippen LogP contribution in [0.2, 0.25) is 0 Å². The van der Waals surface area contributed by atoms with E-state index in [4.69, 9.17) is 5.11 Å². The molecule has 1 unspecified atom stereocenters. The first-order valence-corrected chi connectivity index (χ1v) is 7.14. The molecule has 0 spiro atoms. The Morgan fingerprint density at radius 2 is 2.42 bits per heavy atom. The second-order valence-corrected chi connectivity index (χ2v) is 5.31. The van der Waals surface area contributed by atoms with Crippen molar-refractivity contribution in [1.29, 1.82) is 0 Å². The predicted molar refractivity (Wildman–Crippen MR) is 72.8 cm³/mol. The van der Waals surface area contributed by atoms with Crippen molar-refractivity contribution in [1.82, 2.24) is 14.7 Å². The van der Waals surface area contributed by atoms with E-state index in [1.165, 1.54) is 12.1 Å². The van der Waals surface area contributed by atoms with Gasteiger partial charge in [0.15, 0.2) is 0 Å². The number of likely N-dealkylation sites (tertiary alicyclic amines) is 1. The molecule has 1 saturated heterocycles. The Kier molecular flexibility index (Phi) is 4.96. The van der Waals surface area contributed by atoms with Crippen molar-refractivity contribution in [2.45, 2.75) is 45.7 Å². The van der Waals surface area contributed by atoms with E-state index in [1.807, 2.05) is 10.9 Å². The first-order valence-electron chi connectivity index (χ1n) is 7.14. The highest BCUT2D eigenvalue weighted by Gasteiger charge is 2.21. The summed E-state index contributed by atoms with van der Waals surface area (Å²) in [4.78, 5) is 13.1. The molecular weight excluding hydrogens is 242 g/mol. The van der Waals surface area contributed by atoms with Crippen molar-refractivity contribution in [3.63, 3.8) is 0 Å². The molecule has 1 aliphatic heterocycles. The molecule has 0 aliphatic carbocycles. The van der Waals surface area contributed by atoms with Gasteiger partial charge in [-0.3, -0.25) is 14.4 Å². The number of rotatable bonds is 6. The largest absolute Gasteiger partial charge is 0.481 e. The van der Waals surface area contributed by atoms with E-state index >= 15 is 0 Å². The van der Waals surface area contributed by atoms with Crippen LogP contribution in [0.15, 0.2) is 12.3 Å². The highest BCUT2D eigenvalue weighted by molar-refractivity contribution is 5.66. The van der Waals surface area contributed by atoms with Gasteiger partial charge in [-0.05, 0) is 44.7 Å². The maximum absolute atomic E-state index is 10.6. The van der Waals surface area contributed by atoms with Gasteiger partial charge in [0.1, 0.15) is 0 Å². The summed E-state index contributed by atoms with van der Waals surface area (Å²) in [5.74, 6) is -0.149. The van der Waals surface area contributed by atoms with E-state index in [0.717, 1.165) is 39.0 Å². The summed E-state index contributed by atoms with van der Waals surface area (Å²) in [7, 11) is 0. The minimum absolute atomic E-state index is 0.297. The first kappa shape index (κ1) is 14.1. The van der Waals surface area contributed by atoms with Crippen molar-refractivity contribution >= 4 is 5.97 Å². The molecule has 1 atom stereocenters. The van der Waals surface area contributed by atoms with E-state index < -0.39 is 5.97 Å². The third-order valence-electron chi connectivity index (χ3n) is 3.86. The molecule has 0 bridgehead atoms. The van der Waals surface area contributed by atoms with Crippen LogP contribution in [0.4, 0.5) is 0 Å². The molecule has 1 fully saturated rings. The van der Waals surface area contributed by atoms with Crippen LogP contribution in [0, 0.1) is 5.92 Å². The Hall–Kier alpha value is -1.36. The lowest BCUT2D eigenvalue weighted by atomic mass is 9.93. The summed E-state index contributed by atoms with van der Waals surface area (Å²) in [5, 5.41) is 13.1. The Labute approximate surface area is 114 Å². The number of aryl methyl sites for hydroxylation is 1. The van der Waals surface area contributed by atoms with Crippen molar-refractivity contribution in [3.05, 3.63) is 18.0 Å². The molecule has 5 nitrogen and oxygen atoms in total. The van der Waals surface area contributed by atoms with E-state index in [0.29, 0.717) is 12.3 Å². The van der Waals surface area contributed by atoms with E-state index in [9.17, 15) is 4.79 Å². The minimum Gasteiger partial charge on any atom is -0.481 e. The molecule has 1 aromatic heterocycles. The van der Waals surface area contributed by atoms with Gasteiger partial charge in [0, 0.05) is 32.3 Å². The Bertz CT molecular complexity index is 417. The summed E-state index contributed by atoms with van der Waals surface area (Å²) in [5.41, 5.74) is 1.25. The fourth-order valence-electron chi connectivity index (χ4n) is 2.87. The third-order valence-corrected chi connectivity index (χ3v) is 3.86. The van der Waals surface area contributed by atoms with Gasteiger partial charge < -0.3 is 5.11 Å². The maximum Gasteiger partial charge on any atom is 0.303 e. The van der Waals surface area contributed by atoms with Gasteiger partial charge in [0.05, 0.1) is 5.69 Å². The second-order valence-electron chi connectivity index (χ2n) is 5.31. The Morgan fingerprint density at radius 3 is 3.16 bits per heavy atom. The standard InChI is InChI=1S/C14H23N3O2/c1-2-17-13(7-8-15-17)11-16-9-3-4-12(10-16)5-6-14(18)19/h7-8,12H,2-6,9-11H2,1H3,(H,18,19). The number of piperidine rings is 1. The second kappa shape index (κ2) is 6.70. The van der Waals surface area contributed by atoms with Crippen LogP contribution in [-0.4, -0.2) is 38.8 Å². The van der Waals surface area contributed by atoms with E-state index in [-0.39, 0.29) is 0 Å². The first-order chi connectivity index (χ1) is 9.19. The maximum atomic E-state index is 10.6. The zero-order valence-corrected chi connectivity index (χ0v) is 11.6. The van der Waals surface area contributed by atoms with Crippen LogP contribution in [0.3, 0.4) is 0 Å². The highest BCUT2D eigenvalue weighted by Crippen LogP contribution is 2.22. The van der Waals surface area contributed by atoms with Gasteiger partial charge >= 0.3 is 5.97 Å². The molecule has 2 heterocycles. The molecule has 0 aromatic carbocycles. The van der Waals surface area contributed by atoms with Gasteiger partial charge in [-0.15, -0.1) is 0 Å². The summed E-state index contributed by atoms with van der Waals surface area (Å²) in [6.45, 7) is 6.05. The van der Waals surface area contributed by atoms with Crippen molar-refractivity contribution < 1.29 is 9.90 Å². The highest BCUT2D eigenvalue weighted by atomic mass is 16.4. The number of carbonyl (C=O) groups is 1. The molecule has 19 heavy (non-hydrogen) atoms. The number of nitrogens with zero attached hydrogens (tertiary/aromatic N) is 3. The fraction of sp³-hybridized carbons (Fsp3) is 0.714. The normalized spacial score (nSPS) is 20.6. The number of carboxylic acids is 1. The zero-order chi connectivity index (χ0) is 13.7. The Morgan fingerprint density at radius 1 is 1.58 bits per heavy atom. The molecule has 106 valence electrons. The molecular formula is C14H23N3O2. The number of aromatic nitrogens is 2. The SMILES string of the molecule is CCn1nccc1CN1CCCC(CCC(=O)O)C1. The van der Waals surface area contributed by atoms with Gasteiger partial charge in [0.25, 0.3) is 0 Å². The van der Waals surface area contributed by atoms with Crippen LogP contribution >= 0.6 is 0 Å². The summed E-state index contributed by atoms with van der Waals surface area (Å²) >= 11 is 0. The lowest BCUT2D eigenvalue weighted by Gasteiger charge is -2.32. The molecule has 5 heteroatoms.